The third kappa shape index (κ3) is 1.96. The van der Waals surface area contributed by atoms with Crippen molar-refractivity contribution in [2.24, 2.45) is 5.73 Å². The maximum atomic E-state index is 5.92. The number of halogens is 1. The second-order valence-electron chi connectivity index (χ2n) is 3.36. The van der Waals surface area contributed by atoms with Crippen molar-refractivity contribution in [3.8, 4) is 0 Å². The number of aryl methyl sites for hydroxylation is 1. The normalized spacial score (nSPS) is 10.8. The van der Waals surface area contributed by atoms with Crippen LogP contribution in [0.25, 0.3) is 5.65 Å². The lowest BCUT2D eigenvalue weighted by Gasteiger charge is -2.01. The highest BCUT2D eigenvalue weighted by Crippen LogP contribution is 2.16. The van der Waals surface area contributed by atoms with Crippen molar-refractivity contribution in [3.63, 3.8) is 0 Å². The van der Waals surface area contributed by atoms with Crippen molar-refractivity contribution >= 4 is 34.5 Å². The number of aromatic nitrogens is 2. The fraction of sp³-hybridized carbons (Fsp3) is 0.200. The average Bonchev–Trinajstić information content (AvgIpc) is 2.43. The fourth-order valence-electron chi connectivity index (χ4n) is 1.56. The Hall–Kier alpha value is -1.13. The maximum absolute atomic E-state index is 5.92. The second-order valence-corrected chi connectivity index (χ2v) is 4.32. The van der Waals surface area contributed by atoms with Crippen LogP contribution < -0.4 is 5.73 Å². The predicted molar refractivity (Wildman–Crippen MR) is 65.4 cm³/mol. The molecular weight excluding hydrogens is 230 g/mol. The van der Waals surface area contributed by atoms with E-state index in [0.717, 1.165) is 17.0 Å². The van der Waals surface area contributed by atoms with Gasteiger partial charge in [0.05, 0.1) is 21.4 Å². The van der Waals surface area contributed by atoms with Crippen LogP contribution in [-0.2, 0) is 6.42 Å². The topological polar surface area (TPSA) is 43.3 Å². The first-order valence-corrected chi connectivity index (χ1v) is 5.28. The van der Waals surface area contributed by atoms with Crippen LogP contribution in [-0.4, -0.2) is 14.4 Å². The summed E-state index contributed by atoms with van der Waals surface area (Å²) in [5.41, 5.74) is 8.34. The maximum Gasteiger partial charge on any atom is 0.137 e. The highest BCUT2D eigenvalue weighted by Gasteiger charge is 2.09. The minimum Gasteiger partial charge on any atom is -0.393 e. The molecule has 0 aliphatic carbocycles. The SMILES string of the molecule is Cc1nc2ccc(Cl)cn2c1CC(N)=S. The van der Waals surface area contributed by atoms with Gasteiger partial charge in [-0.25, -0.2) is 4.98 Å². The van der Waals surface area contributed by atoms with Crippen LogP contribution in [0.1, 0.15) is 11.4 Å². The van der Waals surface area contributed by atoms with Crippen molar-refractivity contribution in [1.82, 2.24) is 9.38 Å². The number of imidazole rings is 1. The van der Waals surface area contributed by atoms with Gasteiger partial charge in [-0.15, -0.1) is 0 Å². The highest BCUT2D eigenvalue weighted by molar-refractivity contribution is 7.80. The number of rotatable bonds is 2. The summed E-state index contributed by atoms with van der Waals surface area (Å²) in [6, 6.07) is 3.69. The average molecular weight is 240 g/mol. The van der Waals surface area contributed by atoms with E-state index < -0.39 is 0 Å². The molecule has 0 radical (unpaired) electrons. The van der Waals surface area contributed by atoms with Gasteiger partial charge in [-0.1, -0.05) is 23.8 Å². The lowest BCUT2D eigenvalue weighted by Crippen LogP contribution is -2.13. The van der Waals surface area contributed by atoms with Gasteiger partial charge in [0.1, 0.15) is 5.65 Å². The van der Waals surface area contributed by atoms with Crippen LogP contribution in [0.15, 0.2) is 18.3 Å². The van der Waals surface area contributed by atoms with E-state index in [-0.39, 0.29) is 0 Å². The van der Waals surface area contributed by atoms with Gasteiger partial charge in [0.2, 0.25) is 0 Å². The van der Waals surface area contributed by atoms with Gasteiger partial charge >= 0.3 is 0 Å². The van der Waals surface area contributed by atoms with E-state index in [2.05, 4.69) is 4.98 Å². The van der Waals surface area contributed by atoms with E-state index >= 15 is 0 Å². The van der Waals surface area contributed by atoms with Crippen molar-refractivity contribution in [2.45, 2.75) is 13.3 Å². The molecule has 2 aromatic heterocycles. The van der Waals surface area contributed by atoms with Gasteiger partial charge in [-0.2, -0.15) is 0 Å². The lowest BCUT2D eigenvalue weighted by molar-refractivity contribution is 1.05. The monoisotopic (exact) mass is 239 g/mol. The number of fused-ring (bicyclic) bond motifs is 1. The van der Waals surface area contributed by atoms with Gasteiger partial charge in [-0.3, -0.25) is 0 Å². The molecule has 0 unspecified atom stereocenters. The molecule has 0 aliphatic rings. The number of nitrogens with zero attached hydrogens (tertiary/aromatic N) is 2. The van der Waals surface area contributed by atoms with E-state index in [1.54, 1.807) is 0 Å². The summed E-state index contributed by atoms with van der Waals surface area (Å²) >= 11 is 10.8. The molecule has 0 bridgehead atoms. The second kappa shape index (κ2) is 3.79. The van der Waals surface area contributed by atoms with E-state index in [0.29, 0.717) is 16.4 Å². The molecular formula is C10H10ClN3S. The molecule has 0 aromatic carbocycles. The number of nitrogens with two attached hydrogens (primary N) is 1. The standard InChI is InChI=1S/C10H10ClN3S/c1-6-8(4-9(12)15)14-5-7(11)2-3-10(14)13-6/h2-3,5H,4H2,1H3,(H2,12,15). The Balaban J connectivity index is 2.65. The zero-order valence-corrected chi connectivity index (χ0v) is 9.77. The summed E-state index contributed by atoms with van der Waals surface area (Å²) in [7, 11) is 0. The molecule has 15 heavy (non-hydrogen) atoms. The largest absolute Gasteiger partial charge is 0.393 e. The smallest absolute Gasteiger partial charge is 0.137 e. The van der Waals surface area contributed by atoms with Gasteiger partial charge in [0.15, 0.2) is 0 Å². The molecule has 2 rings (SSSR count). The minimum absolute atomic E-state index is 0.458. The molecule has 2 aromatic rings. The molecule has 2 heterocycles. The summed E-state index contributed by atoms with van der Waals surface area (Å²) in [6.07, 6.45) is 2.37. The van der Waals surface area contributed by atoms with E-state index in [9.17, 15) is 0 Å². The Morgan fingerprint density at radius 2 is 2.33 bits per heavy atom. The number of pyridine rings is 1. The zero-order valence-electron chi connectivity index (χ0n) is 8.20. The Bertz CT molecular complexity index is 533. The molecule has 0 spiro atoms. The van der Waals surface area contributed by atoms with Crippen molar-refractivity contribution in [1.29, 1.82) is 0 Å². The van der Waals surface area contributed by atoms with Crippen LogP contribution in [0.5, 0.6) is 0 Å². The quantitative estimate of drug-likeness (QED) is 0.817. The van der Waals surface area contributed by atoms with Crippen LogP contribution in [0, 0.1) is 6.92 Å². The number of hydrogen-bond donors (Lipinski definition) is 1. The molecule has 5 heteroatoms. The molecule has 2 N–H and O–H groups in total. The van der Waals surface area contributed by atoms with Crippen molar-refractivity contribution < 1.29 is 0 Å². The summed E-state index contributed by atoms with van der Waals surface area (Å²) in [5, 5.41) is 0.670. The molecule has 0 atom stereocenters. The van der Waals surface area contributed by atoms with Crippen molar-refractivity contribution in [3.05, 3.63) is 34.7 Å². The Morgan fingerprint density at radius 3 is 3.00 bits per heavy atom. The van der Waals surface area contributed by atoms with E-state index in [1.165, 1.54) is 0 Å². The van der Waals surface area contributed by atoms with Crippen LogP contribution in [0.3, 0.4) is 0 Å². The molecule has 3 nitrogen and oxygen atoms in total. The summed E-state index contributed by atoms with van der Waals surface area (Å²) in [5.74, 6) is 0. The number of thiocarbonyl (C=S) groups is 1. The summed E-state index contributed by atoms with van der Waals surface area (Å²) < 4.78 is 1.93. The molecule has 0 saturated heterocycles. The Kier molecular flexibility index (Phi) is 2.63. The molecule has 0 fully saturated rings. The molecule has 0 saturated carbocycles. The Labute approximate surface area is 97.9 Å². The van der Waals surface area contributed by atoms with Crippen LogP contribution in [0.2, 0.25) is 5.02 Å². The predicted octanol–water partition coefficient (Wildman–Crippen LogP) is 2.12. The summed E-state index contributed by atoms with van der Waals surface area (Å²) in [4.78, 5) is 4.85. The van der Waals surface area contributed by atoms with Gasteiger partial charge < -0.3 is 10.1 Å². The highest BCUT2D eigenvalue weighted by atomic mass is 35.5. The van der Waals surface area contributed by atoms with Crippen LogP contribution in [0.4, 0.5) is 0 Å². The third-order valence-corrected chi connectivity index (χ3v) is 2.59. The van der Waals surface area contributed by atoms with Gasteiger partial charge in [0, 0.05) is 12.6 Å². The molecule has 78 valence electrons. The third-order valence-electron chi connectivity index (χ3n) is 2.22. The van der Waals surface area contributed by atoms with Gasteiger partial charge in [0.25, 0.3) is 0 Å². The first kappa shape index (κ1) is 10.4. The van der Waals surface area contributed by atoms with E-state index in [4.69, 9.17) is 29.6 Å². The molecule has 0 aliphatic heterocycles. The molecule has 0 amide bonds. The minimum atomic E-state index is 0.458. The number of hydrogen-bond acceptors (Lipinski definition) is 2. The van der Waals surface area contributed by atoms with Gasteiger partial charge in [-0.05, 0) is 19.1 Å². The van der Waals surface area contributed by atoms with Crippen molar-refractivity contribution in [2.75, 3.05) is 0 Å². The first-order valence-electron chi connectivity index (χ1n) is 4.49. The zero-order chi connectivity index (χ0) is 11.0. The van der Waals surface area contributed by atoms with Crippen LogP contribution >= 0.6 is 23.8 Å². The fourth-order valence-corrected chi connectivity index (χ4v) is 1.86. The van der Waals surface area contributed by atoms with E-state index in [1.807, 2.05) is 29.7 Å². The first-order chi connectivity index (χ1) is 7.08. The Morgan fingerprint density at radius 1 is 1.60 bits per heavy atom. The summed E-state index contributed by atoms with van der Waals surface area (Å²) in [6.45, 7) is 1.94. The lowest BCUT2D eigenvalue weighted by atomic mass is 10.2.